The second kappa shape index (κ2) is 8.15. The van der Waals surface area contributed by atoms with E-state index < -0.39 is 12.0 Å². The third kappa shape index (κ3) is 4.71. The number of benzene rings is 2. The molecule has 4 nitrogen and oxygen atoms in total. The van der Waals surface area contributed by atoms with Gasteiger partial charge >= 0.3 is 5.97 Å². The highest BCUT2D eigenvalue weighted by Gasteiger charge is 2.19. The summed E-state index contributed by atoms with van der Waals surface area (Å²) in [5.74, 6) is 0.317. The molecule has 0 amide bonds. The minimum absolute atomic E-state index is 0.0656. The molecule has 4 heteroatoms. The number of carboxylic acid groups (broad SMARTS) is 1. The normalized spacial score (nSPS) is 12.8. The SMILES string of the molecule is CC(C)CC(NCc1c(OC(C)C)ccc2ccccc12)C(=O)O. The molecule has 0 aromatic heterocycles. The van der Waals surface area contributed by atoms with Crippen LogP contribution >= 0.6 is 0 Å². The molecule has 0 saturated heterocycles. The predicted molar refractivity (Wildman–Crippen MR) is 97.4 cm³/mol. The summed E-state index contributed by atoms with van der Waals surface area (Å²) in [6.45, 7) is 8.51. The maximum Gasteiger partial charge on any atom is 0.320 e. The summed E-state index contributed by atoms with van der Waals surface area (Å²) in [6, 6.07) is 11.6. The number of rotatable bonds is 8. The first-order chi connectivity index (χ1) is 11.4. The molecule has 24 heavy (non-hydrogen) atoms. The Morgan fingerprint density at radius 3 is 2.46 bits per heavy atom. The van der Waals surface area contributed by atoms with Gasteiger partial charge in [0.05, 0.1) is 6.10 Å². The summed E-state index contributed by atoms with van der Waals surface area (Å²) in [7, 11) is 0. The molecule has 130 valence electrons. The smallest absolute Gasteiger partial charge is 0.320 e. The van der Waals surface area contributed by atoms with E-state index in [0.29, 0.717) is 18.9 Å². The molecule has 0 aliphatic heterocycles. The van der Waals surface area contributed by atoms with Gasteiger partial charge in [0.1, 0.15) is 11.8 Å². The number of carbonyl (C=O) groups is 1. The van der Waals surface area contributed by atoms with Gasteiger partial charge in [-0.25, -0.2) is 0 Å². The number of ether oxygens (including phenoxy) is 1. The van der Waals surface area contributed by atoms with Gasteiger partial charge in [0.25, 0.3) is 0 Å². The fourth-order valence-electron chi connectivity index (χ4n) is 2.83. The van der Waals surface area contributed by atoms with Crippen LogP contribution in [-0.4, -0.2) is 23.2 Å². The average Bonchev–Trinajstić information content (AvgIpc) is 2.51. The zero-order valence-corrected chi connectivity index (χ0v) is 14.9. The van der Waals surface area contributed by atoms with Crippen molar-refractivity contribution in [2.45, 2.75) is 52.8 Å². The van der Waals surface area contributed by atoms with Gasteiger partial charge in [-0.1, -0.05) is 44.2 Å². The van der Waals surface area contributed by atoms with E-state index in [-0.39, 0.29) is 6.10 Å². The Morgan fingerprint density at radius 1 is 1.12 bits per heavy atom. The molecule has 1 unspecified atom stereocenters. The summed E-state index contributed by atoms with van der Waals surface area (Å²) in [4.78, 5) is 11.5. The molecular formula is C20H27NO3. The van der Waals surface area contributed by atoms with Crippen LogP contribution in [0.25, 0.3) is 10.8 Å². The summed E-state index contributed by atoms with van der Waals surface area (Å²) >= 11 is 0. The highest BCUT2D eigenvalue weighted by atomic mass is 16.5. The van der Waals surface area contributed by atoms with Crippen molar-refractivity contribution in [1.82, 2.24) is 5.32 Å². The van der Waals surface area contributed by atoms with Gasteiger partial charge in [-0.3, -0.25) is 4.79 Å². The van der Waals surface area contributed by atoms with Gasteiger partial charge in [-0.2, -0.15) is 0 Å². The monoisotopic (exact) mass is 329 g/mol. The van der Waals surface area contributed by atoms with Gasteiger partial charge in [0.15, 0.2) is 0 Å². The summed E-state index contributed by atoms with van der Waals surface area (Å²) in [5.41, 5.74) is 1.01. The van der Waals surface area contributed by atoms with Gasteiger partial charge in [-0.15, -0.1) is 0 Å². The Labute approximate surface area is 143 Å². The molecule has 2 aromatic carbocycles. The van der Waals surface area contributed by atoms with Crippen LogP contribution in [-0.2, 0) is 11.3 Å². The quantitative estimate of drug-likeness (QED) is 0.761. The molecule has 2 aromatic rings. The Morgan fingerprint density at radius 2 is 1.83 bits per heavy atom. The molecular weight excluding hydrogens is 302 g/mol. The largest absolute Gasteiger partial charge is 0.491 e. The van der Waals surface area contributed by atoms with Crippen LogP contribution in [0.3, 0.4) is 0 Å². The second-order valence-corrected chi connectivity index (χ2v) is 6.83. The van der Waals surface area contributed by atoms with Crippen molar-refractivity contribution in [3.63, 3.8) is 0 Å². The van der Waals surface area contributed by atoms with E-state index in [1.165, 1.54) is 0 Å². The maximum absolute atomic E-state index is 11.5. The molecule has 2 rings (SSSR count). The number of hydrogen-bond acceptors (Lipinski definition) is 3. The highest BCUT2D eigenvalue weighted by molar-refractivity contribution is 5.87. The molecule has 0 saturated carbocycles. The number of fused-ring (bicyclic) bond motifs is 1. The fraction of sp³-hybridized carbons (Fsp3) is 0.450. The van der Waals surface area contributed by atoms with Crippen LogP contribution in [0.2, 0.25) is 0 Å². The van der Waals surface area contributed by atoms with Crippen LogP contribution < -0.4 is 10.1 Å². The second-order valence-electron chi connectivity index (χ2n) is 6.83. The van der Waals surface area contributed by atoms with E-state index in [1.54, 1.807) is 0 Å². The van der Waals surface area contributed by atoms with Gasteiger partial charge < -0.3 is 15.2 Å². The number of hydrogen-bond donors (Lipinski definition) is 2. The molecule has 2 N–H and O–H groups in total. The zero-order valence-electron chi connectivity index (χ0n) is 14.9. The molecule has 0 spiro atoms. The lowest BCUT2D eigenvalue weighted by Crippen LogP contribution is -2.37. The lowest BCUT2D eigenvalue weighted by atomic mass is 10.0. The van der Waals surface area contributed by atoms with Gasteiger partial charge in [-0.05, 0) is 43.0 Å². The molecule has 1 atom stereocenters. The first-order valence-corrected chi connectivity index (χ1v) is 8.52. The van der Waals surface area contributed by atoms with Crippen LogP contribution in [0.4, 0.5) is 0 Å². The van der Waals surface area contributed by atoms with Crippen LogP contribution in [0.5, 0.6) is 5.75 Å². The predicted octanol–water partition coefficient (Wildman–Crippen LogP) is 4.22. The molecule has 0 heterocycles. The van der Waals surface area contributed by atoms with E-state index in [0.717, 1.165) is 22.1 Å². The Kier molecular flexibility index (Phi) is 6.21. The van der Waals surface area contributed by atoms with Crippen LogP contribution in [0, 0.1) is 5.92 Å². The molecule has 0 fully saturated rings. The fourth-order valence-corrected chi connectivity index (χ4v) is 2.83. The van der Waals surface area contributed by atoms with Crippen molar-refractivity contribution in [2.24, 2.45) is 5.92 Å². The first-order valence-electron chi connectivity index (χ1n) is 8.52. The average molecular weight is 329 g/mol. The van der Waals surface area contributed by atoms with E-state index in [4.69, 9.17) is 4.74 Å². The number of aliphatic carboxylic acids is 1. The molecule has 0 aliphatic carbocycles. The van der Waals surface area contributed by atoms with Crippen LogP contribution in [0.1, 0.15) is 39.7 Å². The summed E-state index contributed by atoms with van der Waals surface area (Å²) in [6.07, 6.45) is 0.663. The minimum Gasteiger partial charge on any atom is -0.491 e. The lowest BCUT2D eigenvalue weighted by Gasteiger charge is -2.20. The standard InChI is InChI=1S/C20H27NO3/c1-13(2)11-18(20(22)23)21-12-17-16-8-6-5-7-15(16)9-10-19(17)24-14(3)4/h5-10,13-14,18,21H,11-12H2,1-4H3,(H,22,23). The van der Waals surface area contributed by atoms with E-state index in [1.807, 2.05) is 52.0 Å². The Balaban J connectivity index is 2.32. The molecule has 0 bridgehead atoms. The van der Waals surface area contributed by atoms with Crippen LogP contribution in [0.15, 0.2) is 36.4 Å². The van der Waals surface area contributed by atoms with Gasteiger partial charge in [0, 0.05) is 12.1 Å². The number of nitrogens with one attached hydrogen (secondary N) is 1. The maximum atomic E-state index is 11.5. The van der Waals surface area contributed by atoms with Crippen molar-refractivity contribution in [3.05, 3.63) is 42.0 Å². The van der Waals surface area contributed by atoms with Crippen molar-refractivity contribution in [1.29, 1.82) is 0 Å². The molecule has 0 radical (unpaired) electrons. The van der Waals surface area contributed by atoms with E-state index in [9.17, 15) is 9.90 Å². The van der Waals surface area contributed by atoms with Crippen molar-refractivity contribution < 1.29 is 14.6 Å². The van der Waals surface area contributed by atoms with Crippen molar-refractivity contribution in [3.8, 4) is 5.75 Å². The minimum atomic E-state index is -0.810. The third-order valence-electron chi connectivity index (χ3n) is 3.89. The summed E-state index contributed by atoms with van der Waals surface area (Å²) < 4.78 is 5.94. The zero-order chi connectivity index (χ0) is 17.7. The topological polar surface area (TPSA) is 58.6 Å². The van der Waals surface area contributed by atoms with E-state index >= 15 is 0 Å². The Hall–Kier alpha value is -2.07. The van der Waals surface area contributed by atoms with Crippen molar-refractivity contribution in [2.75, 3.05) is 0 Å². The Bertz CT molecular complexity index is 694. The third-order valence-corrected chi connectivity index (χ3v) is 3.89. The highest BCUT2D eigenvalue weighted by Crippen LogP contribution is 2.29. The van der Waals surface area contributed by atoms with Crippen molar-refractivity contribution >= 4 is 16.7 Å². The first kappa shape index (κ1) is 18.3. The lowest BCUT2D eigenvalue weighted by molar-refractivity contribution is -0.140. The van der Waals surface area contributed by atoms with E-state index in [2.05, 4.69) is 17.4 Å². The summed E-state index contributed by atoms with van der Waals surface area (Å²) in [5, 5.41) is 14.8. The number of carboxylic acids is 1. The molecule has 0 aliphatic rings. The van der Waals surface area contributed by atoms with Gasteiger partial charge in [0.2, 0.25) is 0 Å².